The smallest absolute Gasteiger partial charge is 0.305 e. The van der Waals surface area contributed by atoms with Crippen LogP contribution in [0.3, 0.4) is 0 Å². The van der Waals surface area contributed by atoms with E-state index in [1.165, 1.54) is 25.8 Å². The lowest BCUT2D eigenvalue weighted by molar-refractivity contribution is -0.437. The average molecular weight is 878 g/mol. The van der Waals surface area contributed by atoms with E-state index in [1.807, 2.05) is 42.7 Å². The van der Waals surface area contributed by atoms with Crippen LogP contribution in [0.2, 0.25) is 0 Å². The number of rotatable bonds is 23. The summed E-state index contributed by atoms with van der Waals surface area (Å²) >= 11 is 0. The molecule has 0 radical (unpaired) electrons. The molecule has 2 heterocycles. The lowest BCUT2D eigenvalue weighted by Crippen LogP contribution is -2.30. The molecule has 0 saturated carbocycles. The minimum atomic E-state index is -3.96. The number of fused-ring (bicyclic) bond motifs is 2. The number of methoxy groups -OCH3 is 1. The van der Waals surface area contributed by atoms with Crippen molar-refractivity contribution in [1.82, 2.24) is 0 Å². The number of nitrogens with zero attached hydrogens (tertiary/aromatic N) is 2. The van der Waals surface area contributed by atoms with Gasteiger partial charge in [-0.2, -0.15) is 29.8 Å². The van der Waals surface area contributed by atoms with E-state index in [-0.39, 0.29) is 34.2 Å². The maximum Gasteiger partial charge on any atom is 0.305 e. The van der Waals surface area contributed by atoms with Crippen molar-refractivity contribution in [3.8, 4) is 0 Å². The molecule has 59 heavy (non-hydrogen) atoms. The molecular weight excluding hydrogens is 817 g/mol. The largest absolute Gasteiger partial charge is 0.469 e. The molecule has 0 aliphatic carbocycles. The molecule has 2 aliphatic rings. The van der Waals surface area contributed by atoms with Crippen molar-refractivity contribution >= 4 is 53.4 Å². The van der Waals surface area contributed by atoms with Gasteiger partial charge < -0.3 is 9.64 Å². The first kappa shape index (κ1) is 48.0. The van der Waals surface area contributed by atoms with Crippen LogP contribution in [0.1, 0.15) is 95.2 Å². The Labute approximate surface area is 352 Å². The normalized spacial score (nSPS) is 18.7. The first-order valence-electron chi connectivity index (χ1n) is 19.9. The molecule has 0 N–H and O–H groups in total. The lowest BCUT2D eigenvalue weighted by Gasteiger charge is -2.30. The Morgan fingerprint density at radius 3 is 2.07 bits per heavy atom. The van der Waals surface area contributed by atoms with E-state index in [0.29, 0.717) is 25.9 Å². The number of hydrogen-bond acceptors (Lipinski definition) is 12. The van der Waals surface area contributed by atoms with E-state index in [9.17, 15) is 30.0 Å². The van der Waals surface area contributed by atoms with Crippen LogP contribution in [0.4, 0.5) is 11.4 Å². The van der Waals surface area contributed by atoms with Crippen molar-refractivity contribution in [2.45, 2.75) is 101 Å². The maximum absolute atomic E-state index is 12.7. The van der Waals surface area contributed by atoms with Crippen molar-refractivity contribution in [2.24, 2.45) is 0 Å². The molecule has 2 aliphatic heterocycles. The number of carbonyl (C=O) groups is 1. The number of ether oxygens (including phenoxy) is 1. The molecule has 13 nitrogen and oxygen atoms in total. The predicted molar refractivity (Wildman–Crippen MR) is 231 cm³/mol. The van der Waals surface area contributed by atoms with Gasteiger partial charge in [-0.15, -0.1) is 0 Å². The van der Waals surface area contributed by atoms with E-state index in [2.05, 4.69) is 47.2 Å². The maximum atomic E-state index is 12.7. The standard InChI is InChI=1S/C43H61N2O11S3/c1-33-22-24-38-36(31-33)43(4,26-16-11-9-10-15-21-41(46)53-5)40(45(38)28-18-30-58(49,50)55-7)20-14-12-13-19-39-42(2,3)35-32-34(59(51,52)56-8)23-25-37(35)44(39)27-17-29-57(47,48)54-6/h12-14,19-20,22-25,31-32H,9-11,15-18,21,26-30H2,1-8H3/q+1. The summed E-state index contributed by atoms with van der Waals surface area (Å²) in [5.74, 6) is -0.483. The average Bonchev–Trinajstić information content (AvgIpc) is 3.55. The Hall–Kier alpha value is -3.67. The third kappa shape index (κ3) is 11.8. The van der Waals surface area contributed by atoms with Crippen LogP contribution in [0.5, 0.6) is 0 Å². The molecule has 0 bridgehead atoms. The van der Waals surface area contributed by atoms with Crippen molar-refractivity contribution in [3.63, 3.8) is 0 Å². The van der Waals surface area contributed by atoms with Gasteiger partial charge in [-0.1, -0.05) is 61.6 Å². The molecule has 16 heteroatoms. The summed E-state index contributed by atoms with van der Waals surface area (Å²) in [5, 5.41) is 0. The van der Waals surface area contributed by atoms with Gasteiger partial charge in [-0.3, -0.25) is 17.3 Å². The summed E-state index contributed by atoms with van der Waals surface area (Å²) in [6, 6.07) is 11.2. The van der Waals surface area contributed by atoms with Gasteiger partial charge in [0.15, 0.2) is 5.71 Å². The molecule has 326 valence electrons. The van der Waals surface area contributed by atoms with E-state index in [1.54, 1.807) is 12.1 Å². The zero-order chi connectivity index (χ0) is 43.6. The molecule has 1 unspecified atom stereocenters. The fraction of sp³-hybridized carbons (Fsp3) is 0.535. The van der Waals surface area contributed by atoms with Crippen LogP contribution in [0, 0.1) is 6.92 Å². The second kappa shape index (κ2) is 20.3. The molecule has 1 atom stereocenters. The first-order chi connectivity index (χ1) is 27.8. The van der Waals surface area contributed by atoms with E-state index in [0.717, 1.165) is 86.7 Å². The van der Waals surface area contributed by atoms with Gasteiger partial charge in [0.1, 0.15) is 6.54 Å². The topological polar surface area (TPSA) is 163 Å². The molecule has 0 fully saturated rings. The van der Waals surface area contributed by atoms with Gasteiger partial charge in [0.2, 0.25) is 5.69 Å². The number of benzene rings is 2. The third-order valence-electron chi connectivity index (χ3n) is 11.3. The molecule has 0 saturated heterocycles. The lowest BCUT2D eigenvalue weighted by atomic mass is 9.76. The zero-order valence-corrected chi connectivity index (χ0v) is 38.1. The molecule has 4 rings (SSSR count). The summed E-state index contributed by atoms with van der Waals surface area (Å²) in [7, 11) is -6.44. The summed E-state index contributed by atoms with van der Waals surface area (Å²) in [5.41, 5.74) is 5.79. The number of aryl methyl sites for hydroxylation is 1. The SMILES string of the molecule is COC(=O)CCCCCCCC1(C)/C(=C/C=C/C=C/C2=[N+](CCCS(=O)(=O)OC)c3ccc(S(=O)(=O)OC)cc3C2(C)C)N(CCCS(=O)(=O)OC)c2ccc(C)cc21. The Bertz CT molecular complexity index is 2290. The Balaban J connectivity index is 1.69. The number of allylic oxidation sites excluding steroid dienone is 6. The number of unbranched alkanes of at least 4 members (excludes halogenated alkanes) is 4. The monoisotopic (exact) mass is 877 g/mol. The highest BCUT2D eigenvalue weighted by molar-refractivity contribution is 7.87. The number of carbonyl (C=O) groups excluding carboxylic acids is 1. The highest BCUT2D eigenvalue weighted by Gasteiger charge is 2.45. The Kier molecular flexibility index (Phi) is 16.5. The van der Waals surface area contributed by atoms with Crippen LogP contribution in [-0.2, 0) is 63.3 Å². The van der Waals surface area contributed by atoms with Gasteiger partial charge in [0.25, 0.3) is 30.4 Å². The molecular formula is C43H61N2O11S3+. The number of anilines is 1. The quantitative estimate of drug-likeness (QED) is 0.0366. The van der Waals surface area contributed by atoms with E-state index >= 15 is 0 Å². The van der Waals surface area contributed by atoms with Crippen LogP contribution in [0.15, 0.2) is 77.4 Å². The van der Waals surface area contributed by atoms with Crippen LogP contribution >= 0.6 is 0 Å². The van der Waals surface area contributed by atoms with Crippen molar-refractivity contribution < 1.29 is 51.9 Å². The van der Waals surface area contributed by atoms with E-state index < -0.39 is 35.8 Å². The number of esters is 1. The van der Waals surface area contributed by atoms with Gasteiger partial charge in [-0.25, -0.2) is 0 Å². The molecule has 0 spiro atoms. The van der Waals surface area contributed by atoms with Crippen molar-refractivity contribution in [1.29, 1.82) is 0 Å². The summed E-state index contributed by atoms with van der Waals surface area (Å²) in [6.45, 7) is 9.12. The van der Waals surface area contributed by atoms with Gasteiger partial charge >= 0.3 is 5.97 Å². The Morgan fingerprint density at radius 2 is 1.41 bits per heavy atom. The summed E-state index contributed by atoms with van der Waals surface area (Å²) < 4.78 is 95.2. The second-order valence-electron chi connectivity index (χ2n) is 15.7. The first-order valence-corrected chi connectivity index (χ1v) is 24.5. The van der Waals surface area contributed by atoms with Crippen LogP contribution in [0.25, 0.3) is 0 Å². The van der Waals surface area contributed by atoms with Crippen molar-refractivity contribution in [2.75, 3.05) is 57.9 Å². The van der Waals surface area contributed by atoms with Crippen LogP contribution in [-0.4, -0.2) is 94.5 Å². The van der Waals surface area contributed by atoms with Gasteiger partial charge in [0.05, 0.1) is 50.3 Å². The van der Waals surface area contributed by atoms with Gasteiger partial charge in [-0.05, 0) is 76.8 Å². The minimum absolute atomic E-state index is 0.0317. The second-order valence-corrected chi connectivity index (χ2v) is 21.1. The van der Waals surface area contributed by atoms with E-state index in [4.69, 9.17) is 13.1 Å². The fourth-order valence-corrected chi connectivity index (χ4v) is 10.0. The predicted octanol–water partition coefficient (Wildman–Crippen LogP) is 7.12. The highest BCUT2D eigenvalue weighted by Crippen LogP contribution is 2.51. The van der Waals surface area contributed by atoms with Crippen LogP contribution < -0.4 is 4.90 Å². The van der Waals surface area contributed by atoms with Crippen molar-refractivity contribution in [3.05, 3.63) is 89.2 Å². The molecule has 2 aromatic carbocycles. The summed E-state index contributed by atoms with van der Waals surface area (Å²) in [4.78, 5) is 13.8. The highest BCUT2D eigenvalue weighted by atomic mass is 32.2. The minimum Gasteiger partial charge on any atom is -0.469 e. The summed E-state index contributed by atoms with van der Waals surface area (Å²) in [6.07, 6.45) is 16.5. The number of hydrogen-bond donors (Lipinski definition) is 0. The fourth-order valence-electron chi connectivity index (χ4n) is 8.02. The van der Waals surface area contributed by atoms with Gasteiger partial charge in [0, 0.05) is 53.9 Å². The third-order valence-corrected chi connectivity index (χ3v) is 15.2. The Morgan fingerprint density at radius 1 is 0.746 bits per heavy atom. The molecule has 0 aromatic heterocycles. The molecule has 0 amide bonds. The zero-order valence-electron chi connectivity index (χ0n) is 35.7. The molecule has 2 aromatic rings.